The zero-order chi connectivity index (χ0) is 15.9. The SMILES string of the molecule is Cc1ccc(S(=O)(=O)OC[C@H]2C[C@H]3CC[C@@H]2[C@H](O)[C@@H]3O)cc1. The molecule has 5 atom stereocenters. The minimum atomic E-state index is -3.77. The second-order valence-electron chi connectivity index (χ2n) is 6.53. The Balaban J connectivity index is 1.66. The molecule has 1 aromatic rings. The fourth-order valence-corrected chi connectivity index (χ4v) is 4.72. The molecule has 0 aliphatic heterocycles. The number of rotatable bonds is 4. The molecule has 0 saturated heterocycles. The lowest BCUT2D eigenvalue weighted by Crippen LogP contribution is -2.53. The summed E-state index contributed by atoms with van der Waals surface area (Å²) in [6.45, 7) is 1.96. The van der Waals surface area contributed by atoms with Gasteiger partial charge in [-0.05, 0) is 56.1 Å². The van der Waals surface area contributed by atoms with E-state index < -0.39 is 22.3 Å². The third kappa shape index (κ3) is 2.93. The summed E-state index contributed by atoms with van der Waals surface area (Å²) < 4.78 is 29.6. The normalized spacial score (nSPS) is 34.8. The van der Waals surface area contributed by atoms with E-state index in [0.29, 0.717) is 6.42 Å². The molecular formula is C16H22O5S. The van der Waals surface area contributed by atoms with Gasteiger partial charge in [0.1, 0.15) is 0 Å². The first-order valence-corrected chi connectivity index (χ1v) is 9.11. The van der Waals surface area contributed by atoms with Crippen LogP contribution >= 0.6 is 0 Å². The summed E-state index contributed by atoms with van der Waals surface area (Å²) in [6, 6.07) is 6.55. The second kappa shape index (κ2) is 5.92. The maximum Gasteiger partial charge on any atom is 0.296 e. The molecule has 0 aromatic heterocycles. The van der Waals surface area contributed by atoms with Gasteiger partial charge in [0, 0.05) is 0 Å². The van der Waals surface area contributed by atoms with Crippen LogP contribution in [-0.2, 0) is 14.3 Å². The number of fused-ring (bicyclic) bond motifs is 3. The highest BCUT2D eigenvalue weighted by Crippen LogP contribution is 2.45. The average Bonchev–Trinajstić information content (AvgIpc) is 2.50. The molecule has 3 aliphatic rings. The number of hydrogen-bond acceptors (Lipinski definition) is 5. The predicted octanol–water partition coefficient (Wildman–Crippen LogP) is 1.47. The lowest BCUT2D eigenvalue weighted by molar-refractivity contribution is -0.137. The molecule has 3 fully saturated rings. The van der Waals surface area contributed by atoms with E-state index in [9.17, 15) is 18.6 Å². The van der Waals surface area contributed by atoms with Gasteiger partial charge in [0.15, 0.2) is 0 Å². The van der Waals surface area contributed by atoms with E-state index >= 15 is 0 Å². The van der Waals surface area contributed by atoms with Gasteiger partial charge in [-0.1, -0.05) is 17.7 Å². The lowest BCUT2D eigenvalue weighted by Gasteiger charge is -2.48. The van der Waals surface area contributed by atoms with Crippen molar-refractivity contribution in [3.05, 3.63) is 29.8 Å². The number of aliphatic hydroxyl groups excluding tert-OH is 2. The van der Waals surface area contributed by atoms with Crippen molar-refractivity contribution in [2.45, 2.75) is 43.3 Å². The van der Waals surface area contributed by atoms with Crippen LogP contribution in [0.25, 0.3) is 0 Å². The molecule has 0 radical (unpaired) electrons. The lowest BCUT2D eigenvalue weighted by atomic mass is 9.62. The minimum absolute atomic E-state index is 0.0163. The summed E-state index contributed by atoms with van der Waals surface area (Å²) in [5.74, 6) is -0.0405. The van der Waals surface area contributed by atoms with Crippen LogP contribution in [0, 0.1) is 24.7 Å². The van der Waals surface area contributed by atoms with Crippen molar-refractivity contribution in [2.24, 2.45) is 17.8 Å². The van der Waals surface area contributed by atoms with Crippen molar-refractivity contribution in [2.75, 3.05) is 6.61 Å². The smallest absolute Gasteiger partial charge is 0.296 e. The van der Waals surface area contributed by atoms with Crippen LogP contribution in [0.5, 0.6) is 0 Å². The molecule has 3 saturated carbocycles. The Kier molecular flexibility index (Phi) is 4.29. The molecule has 3 aliphatic carbocycles. The Labute approximate surface area is 131 Å². The Morgan fingerprint density at radius 2 is 1.82 bits per heavy atom. The van der Waals surface area contributed by atoms with E-state index in [0.717, 1.165) is 18.4 Å². The molecule has 4 rings (SSSR count). The van der Waals surface area contributed by atoms with Gasteiger partial charge in [0.2, 0.25) is 0 Å². The van der Waals surface area contributed by atoms with Crippen molar-refractivity contribution >= 4 is 10.1 Å². The summed E-state index contributed by atoms with van der Waals surface area (Å²) in [6.07, 6.45) is 0.990. The molecule has 122 valence electrons. The minimum Gasteiger partial charge on any atom is -0.390 e. The van der Waals surface area contributed by atoms with Gasteiger partial charge >= 0.3 is 0 Å². The van der Waals surface area contributed by atoms with Crippen LogP contribution in [0.4, 0.5) is 0 Å². The highest BCUT2D eigenvalue weighted by Gasteiger charge is 2.47. The zero-order valence-corrected chi connectivity index (χ0v) is 13.4. The van der Waals surface area contributed by atoms with Gasteiger partial charge in [-0.2, -0.15) is 8.42 Å². The first-order chi connectivity index (χ1) is 10.4. The molecule has 0 heterocycles. The molecular weight excluding hydrogens is 304 g/mol. The van der Waals surface area contributed by atoms with Crippen LogP contribution in [0.2, 0.25) is 0 Å². The van der Waals surface area contributed by atoms with E-state index in [4.69, 9.17) is 4.18 Å². The quantitative estimate of drug-likeness (QED) is 0.819. The summed E-state index contributed by atoms with van der Waals surface area (Å²) in [5, 5.41) is 20.0. The standard InChI is InChI=1S/C16H22O5S/c1-10-2-5-13(6-3-10)22(19,20)21-9-12-8-11-4-7-14(12)16(18)15(11)17/h2-3,5-6,11-12,14-18H,4,7-9H2,1H3/t11-,12-,14+,15-,16+/m1/s1. The van der Waals surface area contributed by atoms with E-state index in [2.05, 4.69) is 0 Å². The topological polar surface area (TPSA) is 83.8 Å². The van der Waals surface area contributed by atoms with Gasteiger partial charge in [0.05, 0.1) is 23.7 Å². The number of hydrogen-bond donors (Lipinski definition) is 2. The predicted molar refractivity (Wildman–Crippen MR) is 80.7 cm³/mol. The Morgan fingerprint density at radius 3 is 2.45 bits per heavy atom. The summed E-state index contributed by atoms with van der Waals surface area (Å²) in [7, 11) is -3.77. The van der Waals surface area contributed by atoms with Crippen molar-refractivity contribution < 1.29 is 22.8 Å². The molecule has 22 heavy (non-hydrogen) atoms. The van der Waals surface area contributed by atoms with Gasteiger partial charge in [-0.15, -0.1) is 0 Å². The van der Waals surface area contributed by atoms with Crippen molar-refractivity contribution in [3.8, 4) is 0 Å². The van der Waals surface area contributed by atoms with Gasteiger partial charge < -0.3 is 10.2 Å². The maximum atomic E-state index is 12.2. The zero-order valence-electron chi connectivity index (χ0n) is 12.6. The van der Waals surface area contributed by atoms with Crippen LogP contribution in [0.3, 0.4) is 0 Å². The molecule has 6 heteroatoms. The van der Waals surface area contributed by atoms with Crippen molar-refractivity contribution in [1.29, 1.82) is 0 Å². The first kappa shape index (κ1) is 15.9. The van der Waals surface area contributed by atoms with Crippen LogP contribution in [-0.4, -0.2) is 37.4 Å². The summed E-state index contributed by atoms with van der Waals surface area (Å²) in [4.78, 5) is 0.152. The Hall–Kier alpha value is -0.950. The highest BCUT2D eigenvalue weighted by molar-refractivity contribution is 7.86. The van der Waals surface area contributed by atoms with Gasteiger partial charge in [0.25, 0.3) is 10.1 Å². The molecule has 0 unspecified atom stereocenters. The van der Waals surface area contributed by atoms with Crippen molar-refractivity contribution in [1.82, 2.24) is 0 Å². The molecule has 1 aromatic carbocycles. The first-order valence-electron chi connectivity index (χ1n) is 7.71. The fourth-order valence-electron chi connectivity index (χ4n) is 3.76. The van der Waals surface area contributed by atoms with Gasteiger partial charge in [-0.3, -0.25) is 4.18 Å². The molecule has 5 nitrogen and oxygen atoms in total. The van der Waals surface area contributed by atoms with Crippen molar-refractivity contribution in [3.63, 3.8) is 0 Å². The fraction of sp³-hybridized carbons (Fsp3) is 0.625. The van der Waals surface area contributed by atoms with E-state index in [1.807, 2.05) is 6.92 Å². The highest BCUT2D eigenvalue weighted by atomic mass is 32.2. The number of aryl methyl sites for hydroxylation is 1. The second-order valence-corrected chi connectivity index (χ2v) is 8.15. The molecule has 0 spiro atoms. The van der Waals surface area contributed by atoms with E-state index in [1.54, 1.807) is 12.1 Å². The number of benzene rings is 1. The largest absolute Gasteiger partial charge is 0.390 e. The monoisotopic (exact) mass is 326 g/mol. The average molecular weight is 326 g/mol. The summed E-state index contributed by atoms with van der Waals surface area (Å²) in [5.41, 5.74) is 0.987. The van der Waals surface area contributed by atoms with Crippen LogP contribution < -0.4 is 0 Å². The maximum absolute atomic E-state index is 12.2. The van der Waals surface area contributed by atoms with E-state index in [1.165, 1.54) is 12.1 Å². The van der Waals surface area contributed by atoms with Crippen LogP contribution in [0.15, 0.2) is 29.2 Å². The van der Waals surface area contributed by atoms with E-state index in [-0.39, 0.29) is 29.3 Å². The number of aliphatic hydroxyl groups is 2. The molecule has 2 bridgehead atoms. The summed E-state index contributed by atoms with van der Waals surface area (Å²) >= 11 is 0. The third-order valence-electron chi connectivity index (χ3n) is 5.10. The third-order valence-corrected chi connectivity index (χ3v) is 6.40. The molecule has 0 amide bonds. The Bertz CT molecular complexity index is 622. The van der Waals surface area contributed by atoms with Crippen LogP contribution in [0.1, 0.15) is 24.8 Å². The van der Waals surface area contributed by atoms with Gasteiger partial charge in [-0.25, -0.2) is 0 Å². The Morgan fingerprint density at radius 1 is 1.14 bits per heavy atom. The molecule has 2 N–H and O–H groups in total.